The predicted octanol–water partition coefficient (Wildman–Crippen LogP) is 5.35. The summed E-state index contributed by atoms with van der Waals surface area (Å²) in [5.41, 5.74) is 4.34. The van der Waals surface area contributed by atoms with Gasteiger partial charge in [-0.05, 0) is 43.2 Å². The molecule has 0 fully saturated rings. The Bertz CT molecular complexity index is 791. The van der Waals surface area contributed by atoms with Gasteiger partial charge in [0.05, 0.1) is 23.0 Å². The SMILES string of the molecule is Cc1ccc2nc(C(C)Cl)n(Cc3ccccc3Cl)c2c1. The monoisotopic (exact) mass is 318 g/mol. The van der Waals surface area contributed by atoms with Gasteiger partial charge in [-0.3, -0.25) is 0 Å². The van der Waals surface area contributed by atoms with Crippen molar-refractivity contribution in [2.75, 3.05) is 0 Å². The summed E-state index contributed by atoms with van der Waals surface area (Å²) in [6, 6.07) is 14.1. The van der Waals surface area contributed by atoms with Gasteiger partial charge in [-0.25, -0.2) is 4.98 Å². The summed E-state index contributed by atoms with van der Waals surface area (Å²) in [6.45, 7) is 4.70. The molecule has 1 heterocycles. The third kappa shape index (κ3) is 2.78. The fourth-order valence-corrected chi connectivity index (χ4v) is 2.88. The lowest BCUT2D eigenvalue weighted by Gasteiger charge is -2.12. The van der Waals surface area contributed by atoms with E-state index in [1.807, 2.05) is 37.3 Å². The minimum absolute atomic E-state index is 0.153. The summed E-state index contributed by atoms with van der Waals surface area (Å²) in [7, 11) is 0. The Labute approximate surface area is 134 Å². The van der Waals surface area contributed by atoms with Gasteiger partial charge in [-0.1, -0.05) is 35.9 Å². The second kappa shape index (κ2) is 5.70. The van der Waals surface area contributed by atoms with Gasteiger partial charge in [0.15, 0.2) is 0 Å². The highest BCUT2D eigenvalue weighted by molar-refractivity contribution is 6.31. The highest BCUT2D eigenvalue weighted by Crippen LogP contribution is 2.27. The number of nitrogens with zero attached hydrogens (tertiary/aromatic N) is 2. The molecule has 108 valence electrons. The van der Waals surface area contributed by atoms with Crippen molar-refractivity contribution in [3.05, 3.63) is 64.4 Å². The lowest BCUT2D eigenvalue weighted by Crippen LogP contribution is -2.06. The number of benzene rings is 2. The number of imidazole rings is 1. The van der Waals surface area contributed by atoms with Gasteiger partial charge in [0, 0.05) is 5.02 Å². The maximum atomic E-state index is 6.31. The molecule has 0 saturated heterocycles. The van der Waals surface area contributed by atoms with Crippen LogP contribution in [0.3, 0.4) is 0 Å². The zero-order valence-corrected chi connectivity index (χ0v) is 13.5. The average Bonchev–Trinajstić information content (AvgIpc) is 2.80. The molecule has 0 aliphatic carbocycles. The van der Waals surface area contributed by atoms with E-state index in [2.05, 4.69) is 28.6 Å². The molecule has 0 amide bonds. The third-order valence-electron chi connectivity index (χ3n) is 3.58. The van der Waals surface area contributed by atoms with Crippen LogP contribution in [-0.2, 0) is 6.54 Å². The summed E-state index contributed by atoms with van der Waals surface area (Å²) in [4.78, 5) is 4.67. The normalized spacial score (nSPS) is 12.8. The second-order valence-corrected chi connectivity index (χ2v) is 6.32. The van der Waals surface area contributed by atoms with Crippen molar-refractivity contribution in [3.63, 3.8) is 0 Å². The van der Waals surface area contributed by atoms with Gasteiger partial charge in [0.25, 0.3) is 0 Å². The molecule has 0 bridgehead atoms. The predicted molar refractivity (Wildman–Crippen MR) is 89.3 cm³/mol. The summed E-state index contributed by atoms with van der Waals surface area (Å²) >= 11 is 12.6. The maximum Gasteiger partial charge on any atom is 0.128 e. The maximum absolute atomic E-state index is 6.31. The molecule has 1 aromatic heterocycles. The van der Waals surface area contributed by atoms with E-state index in [0.717, 1.165) is 27.4 Å². The first-order valence-electron chi connectivity index (χ1n) is 6.90. The van der Waals surface area contributed by atoms with Crippen LogP contribution in [0.1, 0.15) is 29.3 Å². The fourth-order valence-electron chi connectivity index (χ4n) is 2.52. The molecule has 0 N–H and O–H groups in total. The Balaban J connectivity index is 2.17. The van der Waals surface area contributed by atoms with Crippen molar-refractivity contribution in [2.45, 2.75) is 25.8 Å². The Morgan fingerprint density at radius 1 is 1.19 bits per heavy atom. The molecule has 21 heavy (non-hydrogen) atoms. The molecule has 0 spiro atoms. The van der Waals surface area contributed by atoms with Gasteiger partial charge in [-0.15, -0.1) is 11.6 Å². The summed E-state index contributed by atoms with van der Waals surface area (Å²) in [5.74, 6) is 0.872. The van der Waals surface area contributed by atoms with E-state index >= 15 is 0 Å². The van der Waals surface area contributed by atoms with Crippen LogP contribution in [0.2, 0.25) is 5.02 Å². The summed E-state index contributed by atoms with van der Waals surface area (Å²) in [5, 5.41) is 0.611. The van der Waals surface area contributed by atoms with E-state index in [-0.39, 0.29) is 5.38 Å². The smallest absolute Gasteiger partial charge is 0.128 e. The van der Waals surface area contributed by atoms with Crippen LogP contribution < -0.4 is 0 Å². The minimum Gasteiger partial charge on any atom is -0.322 e. The number of aryl methyl sites for hydroxylation is 1. The van der Waals surface area contributed by atoms with Gasteiger partial charge in [0.1, 0.15) is 5.82 Å². The molecule has 1 unspecified atom stereocenters. The zero-order chi connectivity index (χ0) is 15.0. The first-order valence-corrected chi connectivity index (χ1v) is 7.72. The summed E-state index contributed by atoms with van der Waals surface area (Å²) < 4.78 is 2.15. The molecule has 0 saturated carbocycles. The number of fused-ring (bicyclic) bond motifs is 1. The molecule has 0 aliphatic rings. The van der Waals surface area contributed by atoms with Crippen LogP contribution in [0.4, 0.5) is 0 Å². The number of rotatable bonds is 3. The molecule has 0 aliphatic heterocycles. The molecule has 3 rings (SSSR count). The van der Waals surface area contributed by atoms with Crippen molar-refractivity contribution in [3.8, 4) is 0 Å². The van der Waals surface area contributed by atoms with Crippen molar-refractivity contribution in [1.82, 2.24) is 9.55 Å². The molecule has 0 radical (unpaired) electrons. The molecule has 2 aromatic carbocycles. The standard InChI is InChI=1S/C17H16Cl2N2/c1-11-7-8-15-16(9-11)21(17(20-15)12(2)18)10-13-5-3-4-6-14(13)19/h3-9,12H,10H2,1-2H3. The van der Waals surface area contributed by atoms with Crippen LogP contribution in [0.15, 0.2) is 42.5 Å². The van der Waals surface area contributed by atoms with Crippen molar-refractivity contribution >= 4 is 34.2 Å². The van der Waals surface area contributed by atoms with Crippen molar-refractivity contribution < 1.29 is 0 Å². The van der Waals surface area contributed by atoms with Gasteiger partial charge in [0.2, 0.25) is 0 Å². The molecular formula is C17H16Cl2N2. The average molecular weight is 319 g/mol. The van der Waals surface area contributed by atoms with E-state index < -0.39 is 0 Å². The van der Waals surface area contributed by atoms with Gasteiger partial charge < -0.3 is 4.57 Å². The second-order valence-electron chi connectivity index (χ2n) is 5.26. The van der Waals surface area contributed by atoms with Crippen LogP contribution in [-0.4, -0.2) is 9.55 Å². The van der Waals surface area contributed by atoms with Gasteiger partial charge >= 0.3 is 0 Å². The first-order chi connectivity index (χ1) is 10.1. The lowest BCUT2D eigenvalue weighted by atomic mass is 10.2. The number of hydrogen-bond donors (Lipinski definition) is 0. The van der Waals surface area contributed by atoms with Gasteiger partial charge in [-0.2, -0.15) is 0 Å². The Hall–Kier alpha value is -1.51. The van der Waals surface area contributed by atoms with E-state index in [4.69, 9.17) is 23.2 Å². The largest absolute Gasteiger partial charge is 0.322 e. The quantitative estimate of drug-likeness (QED) is 0.595. The Kier molecular flexibility index (Phi) is 3.92. The molecule has 3 aromatic rings. The number of alkyl halides is 1. The van der Waals surface area contributed by atoms with Crippen molar-refractivity contribution in [1.29, 1.82) is 0 Å². The lowest BCUT2D eigenvalue weighted by molar-refractivity contribution is 0.742. The van der Waals surface area contributed by atoms with Crippen LogP contribution in [0.25, 0.3) is 11.0 Å². The first kappa shape index (κ1) is 14.4. The molecule has 4 heteroatoms. The summed E-state index contributed by atoms with van der Waals surface area (Å²) in [6.07, 6.45) is 0. The topological polar surface area (TPSA) is 17.8 Å². The van der Waals surface area contributed by atoms with E-state index in [9.17, 15) is 0 Å². The number of halogens is 2. The Morgan fingerprint density at radius 3 is 2.67 bits per heavy atom. The third-order valence-corrected chi connectivity index (χ3v) is 4.14. The van der Waals surface area contributed by atoms with E-state index in [0.29, 0.717) is 6.54 Å². The van der Waals surface area contributed by atoms with Crippen LogP contribution in [0.5, 0.6) is 0 Å². The van der Waals surface area contributed by atoms with E-state index in [1.165, 1.54) is 5.56 Å². The fraction of sp³-hybridized carbons (Fsp3) is 0.235. The highest BCUT2D eigenvalue weighted by atomic mass is 35.5. The molecule has 2 nitrogen and oxygen atoms in total. The minimum atomic E-state index is -0.153. The molecular weight excluding hydrogens is 303 g/mol. The van der Waals surface area contributed by atoms with Crippen LogP contribution in [0, 0.1) is 6.92 Å². The highest BCUT2D eigenvalue weighted by Gasteiger charge is 2.16. The van der Waals surface area contributed by atoms with Crippen molar-refractivity contribution in [2.24, 2.45) is 0 Å². The Morgan fingerprint density at radius 2 is 1.95 bits per heavy atom. The number of aromatic nitrogens is 2. The molecule has 1 atom stereocenters. The zero-order valence-electron chi connectivity index (χ0n) is 12.0. The van der Waals surface area contributed by atoms with Crippen LogP contribution >= 0.6 is 23.2 Å². The number of hydrogen-bond acceptors (Lipinski definition) is 1. The van der Waals surface area contributed by atoms with E-state index in [1.54, 1.807) is 0 Å².